The van der Waals surface area contributed by atoms with Gasteiger partial charge in [0.1, 0.15) is 0 Å². The van der Waals surface area contributed by atoms with Crippen molar-refractivity contribution >= 4 is 48.7 Å². The zero-order chi connectivity index (χ0) is 34.4. The van der Waals surface area contributed by atoms with Gasteiger partial charge in [-0.25, -0.2) is 0 Å². The van der Waals surface area contributed by atoms with E-state index in [1.165, 1.54) is 98.7 Å². The Balaban J connectivity index is 1.24. The molecule has 0 nitrogen and oxygen atoms in total. The minimum atomic E-state index is 1.08. The van der Waals surface area contributed by atoms with E-state index in [2.05, 4.69) is 194 Å². The summed E-state index contributed by atoms with van der Waals surface area (Å²) >= 11 is 0. The monoisotopic (exact) mass is 660 g/mol. The minimum Gasteiger partial charge on any atom is -0.0836 e. The van der Waals surface area contributed by atoms with E-state index in [4.69, 9.17) is 0 Å². The van der Waals surface area contributed by atoms with Crippen LogP contribution in [-0.4, -0.2) is 0 Å². The fourth-order valence-corrected chi connectivity index (χ4v) is 8.43. The molecule has 0 amide bonds. The molecule has 1 aliphatic rings. The van der Waals surface area contributed by atoms with Gasteiger partial charge < -0.3 is 0 Å². The predicted octanol–water partition coefficient (Wildman–Crippen LogP) is 14.7. The fourth-order valence-electron chi connectivity index (χ4n) is 8.43. The topological polar surface area (TPSA) is 0 Å². The van der Waals surface area contributed by atoms with Crippen LogP contribution in [0.5, 0.6) is 0 Å². The molecule has 0 heterocycles. The molecule has 244 valence electrons. The number of allylic oxidation sites excluding steroid dienone is 4. The van der Waals surface area contributed by atoms with Crippen LogP contribution in [0.4, 0.5) is 0 Å². The highest BCUT2D eigenvalue weighted by Gasteiger charge is 2.19. The molecule has 0 bridgehead atoms. The first-order valence-corrected chi connectivity index (χ1v) is 18.3. The lowest BCUT2D eigenvalue weighted by Gasteiger charge is -2.20. The second kappa shape index (κ2) is 12.7. The maximum Gasteiger partial charge on any atom is -0.00259 e. The molecule has 0 fully saturated rings. The standard InChI is InChI=1S/C52H36/c1-4-16-35(17-5-1)40-30-41(36-18-6-2-7-19-36)32-42(31-40)52-47-26-14-12-24-45(47)51(46-25-13-15-27-48(46)52)39-29-28-38-33-49(37-20-8-3-9-21-37)43-22-10-11-23-44(43)50(38)34-39/h1,3-6,8-34H,2,7H2. The highest BCUT2D eigenvalue weighted by Crippen LogP contribution is 2.46. The Morgan fingerprint density at radius 1 is 0.308 bits per heavy atom. The van der Waals surface area contributed by atoms with Crippen molar-refractivity contribution < 1.29 is 0 Å². The van der Waals surface area contributed by atoms with Crippen molar-refractivity contribution in [3.8, 4) is 44.5 Å². The van der Waals surface area contributed by atoms with Crippen molar-refractivity contribution in [3.63, 3.8) is 0 Å². The third-order valence-corrected chi connectivity index (χ3v) is 10.8. The summed E-state index contributed by atoms with van der Waals surface area (Å²) in [6, 6.07) is 65.1. The summed E-state index contributed by atoms with van der Waals surface area (Å²) in [6.45, 7) is 0. The van der Waals surface area contributed by atoms with E-state index in [-0.39, 0.29) is 0 Å². The molecule has 10 rings (SSSR count). The van der Waals surface area contributed by atoms with Gasteiger partial charge in [-0.1, -0.05) is 164 Å². The van der Waals surface area contributed by atoms with Crippen molar-refractivity contribution in [2.75, 3.05) is 0 Å². The first-order chi connectivity index (χ1) is 25.8. The van der Waals surface area contributed by atoms with Crippen molar-refractivity contribution in [2.45, 2.75) is 12.8 Å². The van der Waals surface area contributed by atoms with E-state index in [0.29, 0.717) is 0 Å². The number of fused-ring (bicyclic) bond motifs is 5. The molecule has 0 N–H and O–H groups in total. The Labute approximate surface area is 304 Å². The van der Waals surface area contributed by atoms with Crippen molar-refractivity contribution in [2.24, 2.45) is 0 Å². The van der Waals surface area contributed by atoms with Crippen molar-refractivity contribution in [1.29, 1.82) is 0 Å². The highest BCUT2D eigenvalue weighted by molar-refractivity contribution is 6.23. The van der Waals surface area contributed by atoms with Crippen LogP contribution < -0.4 is 0 Å². The smallest absolute Gasteiger partial charge is 0.00259 e. The Bertz CT molecular complexity index is 2810. The molecule has 9 aromatic rings. The van der Waals surface area contributed by atoms with Gasteiger partial charge >= 0.3 is 0 Å². The second-order valence-corrected chi connectivity index (χ2v) is 13.9. The summed E-state index contributed by atoms with van der Waals surface area (Å²) in [6.07, 6.45) is 9.16. The van der Waals surface area contributed by atoms with Crippen LogP contribution in [0.3, 0.4) is 0 Å². The maximum atomic E-state index is 2.43. The molecule has 0 aromatic heterocycles. The summed E-state index contributed by atoms with van der Waals surface area (Å²) in [5.41, 5.74) is 12.6. The van der Waals surface area contributed by atoms with E-state index in [1.807, 2.05) is 0 Å². The lowest BCUT2D eigenvalue weighted by molar-refractivity contribution is 1.04. The van der Waals surface area contributed by atoms with Crippen molar-refractivity contribution in [3.05, 3.63) is 200 Å². The summed E-state index contributed by atoms with van der Waals surface area (Å²) in [7, 11) is 0. The van der Waals surface area contributed by atoms with Crippen LogP contribution in [0.1, 0.15) is 18.4 Å². The summed E-state index contributed by atoms with van der Waals surface area (Å²) in [5.74, 6) is 0. The maximum absolute atomic E-state index is 2.43. The number of hydrogen-bond acceptors (Lipinski definition) is 0. The summed E-state index contributed by atoms with van der Waals surface area (Å²) in [5, 5.41) is 10.2. The Morgan fingerprint density at radius 2 is 0.846 bits per heavy atom. The van der Waals surface area contributed by atoms with E-state index in [9.17, 15) is 0 Å². The fraction of sp³-hybridized carbons (Fsp3) is 0.0385. The predicted molar refractivity (Wildman–Crippen MR) is 225 cm³/mol. The van der Waals surface area contributed by atoms with E-state index in [1.54, 1.807) is 0 Å². The van der Waals surface area contributed by atoms with Crippen LogP contribution in [0.15, 0.2) is 194 Å². The van der Waals surface area contributed by atoms with Gasteiger partial charge in [-0.3, -0.25) is 0 Å². The molecule has 0 saturated heterocycles. The van der Waals surface area contributed by atoms with Gasteiger partial charge in [0.05, 0.1) is 0 Å². The molecule has 0 saturated carbocycles. The molecule has 0 unspecified atom stereocenters. The minimum absolute atomic E-state index is 1.08. The van der Waals surface area contributed by atoms with Crippen LogP contribution in [0.2, 0.25) is 0 Å². The first-order valence-electron chi connectivity index (χ1n) is 18.3. The number of benzene rings is 9. The molecule has 0 heteroatoms. The lowest BCUT2D eigenvalue weighted by Crippen LogP contribution is -1.94. The zero-order valence-electron chi connectivity index (χ0n) is 28.9. The zero-order valence-corrected chi connectivity index (χ0v) is 28.9. The third-order valence-electron chi connectivity index (χ3n) is 10.8. The Morgan fingerprint density at radius 3 is 1.48 bits per heavy atom. The largest absolute Gasteiger partial charge is 0.0836 e. The molecule has 0 radical (unpaired) electrons. The van der Waals surface area contributed by atoms with Gasteiger partial charge in [0, 0.05) is 0 Å². The van der Waals surface area contributed by atoms with Gasteiger partial charge in [-0.15, -0.1) is 0 Å². The molecular weight excluding hydrogens is 625 g/mol. The van der Waals surface area contributed by atoms with Crippen molar-refractivity contribution in [1.82, 2.24) is 0 Å². The molecular formula is C52H36. The normalized spacial score (nSPS) is 12.9. The average molecular weight is 661 g/mol. The van der Waals surface area contributed by atoms with Gasteiger partial charge in [-0.05, 0) is 142 Å². The van der Waals surface area contributed by atoms with E-state index < -0.39 is 0 Å². The number of hydrogen-bond donors (Lipinski definition) is 0. The molecule has 0 spiro atoms. The molecule has 1 aliphatic carbocycles. The number of rotatable bonds is 5. The molecule has 0 aliphatic heterocycles. The first kappa shape index (κ1) is 30.3. The van der Waals surface area contributed by atoms with Gasteiger partial charge in [0.15, 0.2) is 0 Å². The van der Waals surface area contributed by atoms with Crippen LogP contribution in [-0.2, 0) is 0 Å². The van der Waals surface area contributed by atoms with Gasteiger partial charge in [0.25, 0.3) is 0 Å². The lowest BCUT2D eigenvalue weighted by atomic mass is 9.83. The van der Waals surface area contributed by atoms with E-state index in [0.717, 1.165) is 12.8 Å². The Hall–Kier alpha value is -6.50. The molecule has 9 aromatic carbocycles. The molecule has 52 heavy (non-hydrogen) atoms. The summed E-state index contributed by atoms with van der Waals surface area (Å²) < 4.78 is 0. The SMILES string of the molecule is C1=CC(c2cc(-c3ccccc3)cc(-c3c4ccccc4c(-c4ccc5cc(-c6ccccc6)c6ccccc6c5c4)c4ccccc34)c2)=CCC1. The summed E-state index contributed by atoms with van der Waals surface area (Å²) in [4.78, 5) is 0. The van der Waals surface area contributed by atoms with Crippen LogP contribution in [0.25, 0.3) is 93.2 Å². The van der Waals surface area contributed by atoms with Gasteiger partial charge in [-0.2, -0.15) is 0 Å². The quantitative estimate of drug-likeness (QED) is 0.127. The average Bonchev–Trinajstić information content (AvgIpc) is 3.23. The van der Waals surface area contributed by atoms with Gasteiger partial charge in [0.2, 0.25) is 0 Å². The second-order valence-electron chi connectivity index (χ2n) is 13.9. The highest BCUT2D eigenvalue weighted by atomic mass is 14.2. The van der Waals surface area contributed by atoms with Crippen LogP contribution in [0, 0.1) is 0 Å². The van der Waals surface area contributed by atoms with Crippen LogP contribution >= 0.6 is 0 Å². The molecule has 0 atom stereocenters. The Kier molecular flexibility index (Phi) is 7.40. The van der Waals surface area contributed by atoms with E-state index >= 15 is 0 Å². The third kappa shape index (κ3) is 5.15.